The van der Waals surface area contributed by atoms with Gasteiger partial charge in [0, 0.05) is 12.1 Å². The first-order valence-corrected chi connectivity index (χ1v) is 6.33. The molecular weight excluding hydrogens is 232 g/mol. The van der Waals surface area contributed by atoms with Crippen LogP contribution in [0.1, 0.15) is 32.1 Å². The third kappa shape index (κ3) is 3.12. The van der Waals surface area contributed by atoms with Crippen LogP contribution in [0.2, 0.25) is 0 Å². The second kappa shape index (κ2) is 5.71. The number of hydrogen-bond acceptors (Lipinski definition) is 4. The molecule has 0 saturated heterocycles. The Balaban J connectivity index is 1.93. The highest BCUT2D eigenvalue weighted by Gasteiger charge is 2.15. The number of benzene rings is 1. The van der Waals surface area contributed by atoms with Crippen molar-refractivity contribution in [1.82, 2.24) is 0 Å². The molecule has 2 rings (SSSR count). The summed E-state index contributed by atoms with van der Waals surface area (Å²) < 4.78 is 5.66. The minimum absolute atomic E-state index is 0.0694. The van der Waals surface area contributed by atoms with Crippen LogP contribution in [0.5, 0.6) is 5.75 Å². The Labute approximate surface area is 106 Å². The van der Waals surface area contributed by atoms with Gasteiger partial charge in [0.2, 0.25) is 0 Å². The maximum absolute atomic E-state index is 10.6. The molecule has 1 aliphatic carbocycles. The maximum atomic E-state index is 10.6. The lowest BCUT2D eigenvalue weighted by Gasteiger charge is -2.21. The summed E-state index contributed by atoms with van der Waals surface area (Å²) in [7, 11) is 0. The lowest BCUT2D eigenvalue weighted by Crippen LogP contribution is -2.15. The smallest absolute Gasteiger partial charge is 0.292 e. The second-order valence-electron chi connectivity index (χ2n) is 4.79. The quantitative estimate of drug-likeness (QED) is 0.506. The van der Waals surface area contributed by atoms with Crippen molar-refractivity contribution >= 4 is 11.4 Å². The van der Waals surface area contributed by atoms with E-state index in [1.807, 2.05) is 0 Å². The number of hydrogen-bond donors (Lipinski definition) is 1. The fraction of sp³-hybridized carbons (Fsp3) is 0.538. The van der Waals surface area contributed by atoms with E-state index >= 15 is 0 Å². The molecule has 1 aliphatic rings. The molecule has 0 aliphatic heterocycles. The molecule has 0 aromatic heterocycles. The summed E-state index contributed by atoms with van der Waals surface area (Å²) in [5.41, 5.74) is 5.69. The highest BCUT2D eigenvalue weighted by atomic mass is 16.6. The Morgan fingerprint density at radius 1 is 1.33 bits per heavy atom. The van der Waals surface area contributed by atoms with Gasteiger partial charge in [0.1, 0.15) is 11.4 Å². The Morgan fingerprint density at radius 3 is 2.67 bits per heavy atom. The van der Waals surface area contributed by atoms with Gasteiger partial charge in [-0.2, -0.15) is 0 Å². The van der Waals surface area contributed by atoms with Gasteiger partial charge in [-0.3, -0.25) is 10.1 Å². The highest BCUT2D eigenvalue weighted by molar-refractivity contribution is 5.60. The topological polar surface area (TPSA) is 78.4 Å². The summed E-state index contributed by atoms with van der Waals surface area (Å²) in [6.45, 7) is 0.678. The molecular formula is C13H18N2O3. The van der Waals surface area contributed by atoms with Gasteiger partial charge in [-0.25, -0.2) is 0 Å². The molecule has 1 aromatic carbocycles. The lowest BCUT2D eigenvalue weighted by molar-refractivity contribution is -0.383. The normalized spacial score (nSPS) is 16.4. The lowest BCUT2D eigenvalue weighted by atomic mass is 9.90. The van der Waals surface area contributed by atoms with Gasteiger partial charge in [-0.05, 0) is 24.8 Å². The maximum Gasteiger partial charge on any atom is 0.292 e. The number of nitro benzene ring substituents is 1. The fourth-order valence-corrected chi connectivity index (χ4v) is 2.36. The molecule has 0 bridgehead atoms. The van der Waals surface area contributed by atoms with Crippen molar-refractivity contribution in [1.29, 1.82) is 0 Å². The Kier molecular flexibility index (Phi) is 4.02. The van der Waals surface area contributed by atoms with Gasteiger partial charge in [-0.1, -0.05) is 19.3 Å². The first-order valence-electron chi connectivity index (χ1n) is 6.33. The predicted octanol–water partition coefficient (Wildman–Crippen LogP) is 3.14. The van der Waals surface area contributed by atoms with E-state index in [4.69, 9.17) is 10.5 Å². The van der Waals surface area contributed by atoms with Crippen LogP contribution in [0.4, 0.5) is 11.4 Å². The summed E-state index contributed by atoms with van der Waals surface area (Å²) in [6, 6.07) is 4.53. The summed E-state index contributed by atoms with van der Waals surface area (Å²) in [5.74, 6) is 1.22. The molecule has 5 heteroatoms. The standard InChI is InChI=1S/C13H18N2O3/c14-12-8-11(6-7-13(12)15(16)17)18-9-10-4-2-1-3-5-10/h6-8,10H,1-5,9,14H2. The van der Waals surface area contributed by atoms with Crippen molar-refractivity contribution in [2.45, 2.75) is 32.1 Å². The van der Waals surface area contributed by atoms with Crippen LogP contribution < -0.4 is 10.5 Å². The zero-order valence-electron chi connectivity index (χ0n) is 10.3. The van der Waals surface area contributed by atoms with Crippen molar-refractivity contribution < 1.29 is 9.66 Å². The van der Waals surface area contributed by atoms with E-state index in [-0.39, 0.29) is 11.4 Å². The number of nitrogens with zero attached hydrogens (tertiary/aromatic N) is 1. The van der Waals surface area contributed by atoms with Crippen LogP contribution in [0.3, 0.4) is 0 Å². The minimum Gasteiger partial charge on any atom is -0.493 e. The van der Waals surface area contributed by atoms with Crippen LogP contribution in [0.15, 0.2) is 18.2 Å². The van der Waals surface area contributed by atoms with Gasteiger partial charge in [0.05, 0.1) is 11.5 Å². The number of rotatable bonds is 4. The predicted molar refractivity (Wildman–Crippen MR) is 69.6 cm³/mol. The highest BCUT2D eigenvalue weighted by Crippen LogP contribution is 2.28. The number of anilines is 1. The van der Waals surface area contributed by atoms with Crippen LogP contribution in [0, 0.1) is 16.0 Å². The summed E-state index contributed by atoms with van der Waals surface area (Å²) in [4.78, 5) is 10.1. The third-order valence-corrected chi connectivity index (χ3v) is 3.41. The molecule has 2 N–H and O–H groups in total. The Hall–Kier alpha value is -1.78. The first-order chi connectivity index (χ1) is 8.66. The number of nitrogens with two attached hydrogens (primary N) is 1. The average molecular weight is 250 g/mol. The van der Waals surface area contributed by atoms with Crippen LogP contribution in [-0.2, 0) is 0 Å². The summed E-state index contributed by atoms with van der Waals surface area (Å²) in [5, 5.41) is 10.6. The van der Waals surface area contributed by atoms with Gasteiger partial charge in [0.15, 0.2) is 0 Å². The van der Waals surface area contributed by atoms with Gasteiger partial charge >= 0.3 is 0 Å². The fourth-order valence-electron chi connectivity index (χ4n) is 2.36. The molecule has 0 atom stereocenters. The van der Waals surface area contributed by atoms with E-state index in [1.165, 1.54) is 44.2 Å². The first kappa shape index (κ1) is 12.7. The molecule has 1 fully saturated rings. The van der Waals surface area contributed by atoms with E-state index in [1.54, 1.807) is 6.07 Å². The van der Waals surface area contributed by atoms with E-state index in [0.717, 1.165) is 0 Å². The number of ether oxygens (including phenoxy) is 1. The van der Waals surface area contributed by atoms with E-state index < -0.39 is 4.92 Å². The van der Waals surface area contributed by atoms with Gasteiger partial charge < -0.3 is 10.5 Å². The van der Waals surface area contributed by atoms with Crippen molar-refractivity contribution in [3.63, 3.8) is 0 Å². The second-order valence-corrected chi connectivity index (χ2v) is 4.79. The van der Waals surface area contributed by atoms with Gasteiger partial charge in [-0.15, -0.1) is 0 Å². The molecule has 1 saturated carbocycles. The molecule has 1 aromatic rings. The van der Waals surface area contributed by atoms with Crippen LogP contribution in [-0.4, -0.2) is 11.5 Å². The van der Waals surface area contributed by atoms with E-state index in [9.17, 15) is 10.1 Å². The molecule has 18 heavy (non-hydrogen) atoms. The molecule has 5 nitrogen and oxygen atoms in total. The van der Waals surface area contributed by atoms with Gasteiger partial charge in [0.25, 0.3) is 5.69 Å². The molecule has 0 spiro atoms. The molecule has 98 valence electrons. The largest absolute Gasteiger partial charge is 0.493 e. The molecule has 0 unspecified atom stereocenters. The zero-order chi connectivity index (χ0) is 13.0. The van der Waals surface area contributed by atoms with E-state index in [0.29, 0.717) is 18.3 Å². The SMILES string of the molecule is Nc1cc(OCC2CCCCC2)ccc1[N+](=O)[O-]. The molecule has 0 radical (unpaired) electrons. The van der Waals surface area contributed by atoms with Crippen molar-refractivity contribution in [2.24, 2.45) is 5.92 Å². The number of nitrogen functional groups attached to an aromatic ring is 1. The Morgan fingerprint density at radius 2 is 2.06 bits per heavy atom. The molecule has 0 amide bonds. The Bertz CT molecular complexity index is 428. The average Bonchev–Trinajstić information content (AvgIpc) is 2.37. The summed E-state index contributed by atoms with van der Waals surface area (Å²) >= 11 is 0. The monoisotopic (exact) mass is 250 g/mol. The van der Waals surface area contributed by atoms with E-state index in [2.05, 4.69) is 0 Å². The summed E-state index contributed by atoms with van der Waals surface area (Å²) in [6.07, 6.45) is 6.29. The third-order valence-electron chi connectivity index (χ3n) is 3.41. The number of nitro groups is 1. The van der Waals surface area contributed by atoms with Crippen molar-refractivity contribution in [3.05, 3.63) is 28.3 Å². The van der Waals surface area contributed by atoms with Crippen molar-refractivity contribution in [2.75, 3.05) is 12.3 Å². The van der Waals surface area contributed by atoms with Crippen LogP contribution >= 0.6 is 0 Å². The van der Waals surface area contributed by atoms with Crippen molar-refractivity contribution in [3.8, 4) is 5.75 Å². The molecule has 0 heterocycles. The zero-order valence-corrected chi connectivity index (χ0v) is 10.3. The van der Waals surface area contributed by atoms with Crippen LogP contribution in [0.25, 0.3) is 0 Å². The minimum atomic E-state index is -0.486.